The first kappa shape index (κ1) is 10.2. The van der Waals surface area contributed by atoms with Gasteiger partial charge in [0.1, 0.15) is 0 Å². The van der Waals surface area contributed by atoms with Crippen molar-refractivity contribution < 1.29 is 0 Å². The van der Waals surface area contributed by atoms with Crippen LogP contribution in [0.15, 0.2) is 28.8 Å². The Hall–Kier alpha value is -0.850. The van der Waals surface area contributed by atoms with Crippen molar-refractivity contribution in [2.45, 2.75) is 26.7 Å². The van der Waals surface area contributed by atoms with E-state index >= 15 is 0 Å². The highest BCUT2D eigenvalue weighted by atomic mass is 14.6. The van der Waals surface area contributed by atoms with E-state index in [4.69, 9.17) is 0 Å². The average Bonchev–Trinajstić information content (AvgIpc) is 1.97. The minimum Gasteiger partial charge on any atom is -0.301 e. The van der Waals surface area contributed by atoms with E-state index in [2.05, 4.69) is 17.6 Å². The fraction of sp³-hybridized carbons (Fsp3) is 0.500. The highest BCUT2D eigenvalue weighted by Crippen LogP contribution is 2.12. The molecule has 0 aromatic rings. The van der Waals surface area contributed by atoms with Gasteiger partial charge in [0.2, 0.25) is 0 Å². The van der Waals surface area contributed by atoms with Crippen LogP contribution >= 0.6 is 0 Å². The van der Waals surface area contributed by atoms with Gasteiger partial charge in [-0.1, -0.05) is 18.2 Å². The number of hydrogen-bond donors (Lipinski definition) is 0. The summed E-state index contributed by atoms with van der Waals surface area (Å²) in [7, 11) is 1.80. The molecule has 0 aromatic heterocycles. The lowest BCUT2D eigenvalue weighted by atomic mass is 10.0. The van der Waals surface area contributed by atoms with E-state index in [1.807, 2.05) is 20.1 Å². The smallest absolute Gasteiger partial charge is 0.0273 e. The third-order valence-electron chi connectivity index (χ3n) is 1.62. The molecule has 0 N–H and O–H groups in total. The van der Waals surface area contributed by atoms with Crippen LogP contribution in [0.1, 0.15) is 26.7 Å². The first-order valence-corrected chi connectivity index (χ1v) is 3.94. The van der Waals surface area contributed by atoms with Gasteiger partial charge in [0, 0.05) is 7.05 Å². The van der Waals surface area contributed by atoms with E-state index in [1.165, 1.54) is 5.57 Å². The Balaban J connectivity index is 3.82. The lowest BCUT2D eigenvalue weighted by molar-refractivity contribution is 1.03. The predicted octanol–water partition coefficient (Wildman–Crippen LogP) is 2.99. The van der Waals surface area contributed by atoms with Gasteiger partial charge in [-0.2, -0.15) is 0 Å². The van der Waals surface area contributed by atoms with E-state index in [0.29, 0.717) is 0 Å². The van der Waals surface area contributed by atoms with Crippen LogP contribution in [-0.4, -0.2) is 13.3 Å². The average molecular weight is 151 g/mol. The van der Waals surface area contributed by atoms with Crippen molar-refractivity contribution in [1.82, 2.24) is 0 Å². The van der Waals surface area contributed by atoms with Crippen LogP contribution in [0.25, 0.3) is 0 Å². The minimum atomic E-state index is 1.02. The number of rotatable bonds is 4. The lowest BCUT2D eigenvalue weighted by Gasteiger charge is -2.02. The van der Waals surface area contributed by atoms with Gasteiger partial charge in [0.25, 0.3) is 0 Å². The van der Waals surface area contributed by atoms with Crippen LogP contribution < -0.4 is 0 Å². The molecule has 1 nitrogen and oxygen atoms in total. The van der Waals surface area contributed by atoms with Crippen molar-refractivity contribution in [1.29, 1.82) is 0 Å². The molecule has 0 aliphatic rings. The van der Waals surface area contributed by atoms with Crippen LogP contribution in [0.3, 0.4) is 0 Å². The third-order valence-corrected chi connectivity index (χ3v) is 1.62. The van der Waals surface area contributed by atoms with Gasteiger partial charge >= 0.3 is 0 Å². The van der Waals surface area contributed by atoms with Gasteiger partial charge in [-0.15, -0.1) is 0 Å². The summed E-state index contributed by atoms with van der Waals surface area (Å²) in [6.07, 6.45) is 6.13. The molecule has 0 aliphatic heterocycles. The van der Waals surface area contributed by atoms with Crippen molar-refractivity contribution in [2.24, 2.45) is 4.99 Å². The maximum atomic E-state index is 3.92. The summed E-state index contributed by atoms with van der Waals surface area (Å²) < 4.78 is 0. The molecule has 0 aliphatic carbocycles. The van der Waals surface area contributed by atoms with Crippen LogP contribution in [0.5, 0.6) is 0 Å². The molecule has 0 bridgehead atoms. The Kier molecular flexibility index (Phi) is 5.44. The maximum Gasteiger partial charge on any atom is 0.0273 e. The topological polar surface area (TPSA) is 12.4 Å². The summed E-state index contributed by atoms with van der Waals surface area (Å²) in [4.78, 5) is 3.92. The molecular weight excluding hydrogens is 134 g/mol. The zero-order valence-electron chi connectivity index (χ0n) is 7.72. The fourth-order valence-electron chi connectivity index (χ4n) is 0.953. The molecule has 11 heavy (non-hydrogen) atoms. The molecular formula is C10H17N. The third kappa shape index (κ3) is 4.54. The molecule has 0 unspecified atom stereocenters. The molecule has 0 atom stereocenters. The zero-order chi connectivity index (χ0) is 8.69. The molecule has 0 fully saturated rings. The molecule has 0 spiro atoms. The van der Waals surface area contributed by atoms with E-state index in [0.717, 1.165) is 18.4 Å². The number of allylic oxidation sites excluding steroid dienone is 3. The largest absolute Gasteiger partial charge is 0.301 e. The second-order valence-electron chi connectivity index (χ2n) is 2.57. The monoisotopic (exact) mass is 151 g/mol. The van der Waals surface area contributed by atoms with Gasteiger partial charge < -0.3 is 4.99 Å². The molecule has 0 saturated carbocycles. The van der Waals surface area contributed by atoms with Crippen molar-refractivity contribution >= 4 is 6.21 Å². The van der Waals surface area contributed by atoms with Crippen LogP contribution in [0.2, 0.25) is 0 Å². The van der Waals surface area contributed by atoms with Crippen molar-refractivity contribution in [3.05, 3.63) is 23.8 Å². The quantitative estimate of drug-likeness (QED) is 0.432. The van der Waals surface area contributed by atoms with Crippen molar-refractivity contribution in [3.8, 4) is 0 Å². The van der Waals surface area contributed by atoms with E-state index in [1.54, 1.807) is 7.05 Å². The first-order valence-electron chi connectivity index (χ1n) is 3.94. The normalized spacial score (nSPS) is 12.5. The first-order chi connectivity index (χ1) is 5.22. The second kappa shape index (κ2) is 5.90. The van der Waals surface area contributed by atoms with Gasteiger partial charge in [-0.3, -0.25) is 0 Å². The molecule has 0 amide bonds. The van der Waals surface area contributed by atoms with Crippen LogP contribution in [-0.2, 0) is 0 Å². The number of hydrogen-bond acceptors (Lipinski definition) is 1. The minimum absolute atomic E-state index is 1.02. The fourth-order valence-corrected chi connectivity index (χ4v) is 0.953. The second-order valence-corrected chi connectivity index (χ2v) is 2.57. The van der Waals surface area contributed by atoms with Crippen molar-refractivity contribution in [2.75, 3.05) is 7.05 Å². The highest BCUT2D eigenvalue weighted by molar-refractivity contribution is 5.57. The zero-order valence-corrected chi connectivity index (χ0v) is 7.72. The molecule has 0 radical (unpaired) electrons. The van der Waals surface area contributed by atoms with Crippen LogP contribution in [0, 0.1) is 0 Å². The Labute approximate surface area is 69.5 Å². The summed E-state index contributed by atoms with van der Waals surface area (Å²) in [6, 6.07) is 0. The summed E-state index contributed by atoms with van der Waals surface area (Å²) in [5.74, 6) is 0. The summed E-state index contributed by atoms with van der Waals surface area (Å²) in [6.45, 7) is 7.98. The Morgan fingerprint density at radius 2 is 2.18 bits per heavy atom. The summed E-state index contributed by atoms with van der Waals surface area (Å²) >= 11 is 0. The Morgan fingerprint density at radius 1 is 1.55 bits per heavy atom. The van der Waals surface area contributed by atoms with E-state index in [9.17, 15) is 0 Å². The van der Waals surface area contributed by atoms with Crippen LogP contribution in [0.4, 0.5) is 0 Å². The molecule has 0 saturated heterocycles. The van der Waals surface area contributed by atoms with E-state index in [-0.39, 0.29) is 0 Å². The Bertz CT molecular complexity index is 175. The standard InChI is InChI=1S/C10H17N/c1-5-10(9(2)3)7-6-8-11-4/h5,8H,2,6-7H2,1,3-4H3/b10-5+,11-8+. The lowest BCUT2D eigenvalue weighted by Crippen LogP contribution is -1.85. The highest BCUT2D eigenvalue weighted by Gasteiger charge is 1.93. The van der Waals surface area contributed by atoms with Gasteiger partial charge in [-0.05, 0) is 38.5 Å². The molecule has 0 rings (SSSR count). The number of aliphatic imine (C=N–C) groups is 1. The predicted molar refractivity (Wildman–Crippen MR) is 52.2 cm³/mol. The molecule has 0 heterocycles. The molecule has 0 aromatic carbocycles. The summed E-state index contributed by atoms with van der Waals surface area (Å²) in [5, 5.41) is 0. The van der Waals surface area contributed by atoms with E-state index < -0.39 is 0 Å². The van der Waals surface area contributed by atoms with Gasteiger partial charge in [-0.25, -0.2) is 0 Å². The van der Waals surface area contributed by atoms with Gasteiger partial charge in [0.15, 0.2) is 0 Å². The molecule has 1 heteroatoms. The van der Waals surface area contributed by atoms with Gasteiger partial charge in [0.05, 0.1) is 0 Å². The summed E-state index contributed by atoms with van der Waals surface area (Å²) in [5.41, 5.74) is 2.50. The Morgan fingerprint density at radius 3 is 2.55 bits per heavy atom. The maximum absolute atomic E-state index is 3.92. The van der Waals surface area contributed by atoms with Crippen molar-refractivity contribution in [3.63, 3.8) is 0 Å². The number of nitrogens with zero attached hydrogens (tertiary/aromatic N) is 1. The SMILES string of the molecule is C=C(C)/C(=C/C)CC/C=N/C. The molecule has 62 valence electrons.